The van der Waals surface area contributed by atoms with Crippen LogP contribution in [0, 0.1) is 0 Å². The number of anilines is 2. The summed E-state index contributed by atoms with van der Waals surface area (Å²) >= 11 is 7.88. The zero-order valence-corrected chi connectivity index (χ0v) is 17.0. The van der Waals surface area contributed by atoms with E-state index in [0.717, 1.165) is 34.9 Å². The van der Waals surface area contributed by atoms with Gasteiger partial charge in [-0.25, -0.2) is 4.98 Å². The lowest BCUT2D eigenvalue weighted by atomic mass is 10.1. The summed E-state index contributed by atoms with van der Waals surface area (Å²) in [4.78, 5) is 4.65. The van der Waals surface area contributed by atoms with E-state index in [0.29, 0.717) is 10.8 Å². The van der Waals surface area contributed by atoms with Gasteiger partial charge in [-0.05, 0) is 62.6 Å². The van der Waals surface area contributed by atoms with Crippen LogP contribution in [0.25, 0.3) is 11.3 Å². The van der Waals surface area contributed by atoms with E-state index in [9.17, 15) is 0 Å². The van der Waals surface area contributed by atoms with Gasteiger partial charge >= 0.3 is 0 Å². The van der Waals surface area contributed by atoms with E-state index in [-0.39, 0.29) is 12.7 Å². The minimum Gasteiger partial charge on any atom is -0.489 e. The lowest BCUT2D eigenvalue weighted by molar-refractivity contribution is 0.242. The van der Waals surface area contributed by atoms with E-state index in [4.69, 9.17) is 21.4 Å². The van der Waals surface area contributed by atoms with Crippen LogP contribution in [0.5, 0.6) is 5.75 Å². The van der Waals surface area contributed by atoms with Crippen molar-refractivity contribution in [2.45, 2.75) is 32.8 Å². The van der Waals surface area contributed by atoms with Gasteiger partial charge in [-0.15, -0.1) is 11.3 Å². The zero-order valence-electron chi connectivity index (χ0n) is 15.4. The minimum atomic E-state index is 0.0819. The summed E-state index contributed by atoms with van der Waals surface area (Å²) in [5.41, 5.74) is 4.04. The number of aliphatic hydroxyl groups excluding tert-OH is 1. The summed E-state index contributed by atoms with van der Waals surface area (Å²) in [6, 6.07) is 13.9. The minimum absolute atomic E-state index is 0.0819. The molecule has 0 saturated heterocycles. The van der Waals surface area contributed by atoms with Crippen LogP contribution in [0.4, 0.5) is 10.8 Å². The number of rotatable bonds is 8. The fraction of sp³-hybridized carbons (Fsp3) is 0.286. The van der Waals surface area contributed by atoms with Gasteiger partial charge in [-0.3, -0.25) is 0 Å². The quantitative estimate of drug-likeness (QED) is 0.491. The Labute approximate surface area is 168 Å². The molecule has 2 aromatic carbocycles. The fourth-order valence-electron chi connectivity index (χ4n) is 2.63. The van der Waals surface area contributed by atoms with Crippen molar-refractivity contribution < 1.29 is 9.84 Å². The van der Waals surface area contributed by atoms with Gasteiger partial charge in [0.15, 0.2) is 5.13 Å². The Morgan fingerprint density at radius 3 is 2.63 bits per heavy atom. The highest BCUT2D eigenvalue weighted by atomic mass is 35.5. The van der Waals surface area contributed by atoms with Gasteiger partial charge in [0.1, 0.15) is 5.75 Å². The molecule has 0 bridgehead atoms. The Kier molecular flexibility index (Phi) is 6.72. The Morgan fingerprint density at radius 1 is 1.19 bits per heavy atom. The maximum atomic E-state index is 8.91. The fourth-order valence-corrected chi connectivity index (χ4v) is 3.60. The number of aromatic nitrogens is 1. The summed E-state index contributed by atoms with van der Waals surface area (Å²) in [7, 11) is 0. The number of aliphatic hydroxyl groups is 1. The number of nitrogens with zero attached hydrogens (tertiary/aromatic N) is 1. The number of hydrogen-bond donors (Lipinski definition) is 2. The molecule has 0 saturated carbocycles. The van der Waals surface area contributed by atoms with Crippen molar-refractivity contribution in [1.29, 1.82) is 0 Å². The van der Waals surface area contributed by atoms with Crippen LogP contribution in [-0.2, 0) is 6.42 Å². The molecular formula is C21H23ClN2O2S. The third kappa shape index (κ3) is 5.45. The first-order valence-electron chi connectivity index (χ1n) is 8.94. The maximum absolute atomic E-state index is 8.91. The third-order valence-electron chi connectivity index (χ3n) is 3.92. The highest BCUT2D eigenvalue weighted by Crippen LogP contribution is 2.33. The van der Waals surface area contributed by atoms with Crippen LogP contribution in [-0.4, -0.2) is 22.8 Å². The number of ether oxygens (including phenoxy) is 1. The molecule has 0 fully saturated rings. The van der Waals surface area contributed by atoms with Crippen molar-refractivity contribution in [2.75, 3.05) is 11.9 Å². The second kappa shape index (κ2) is 9.22. The number of benzene rings is 2. The number of aryl methyl sites for hydroxylation is 1. The molecular weight excluding hydrogens is 380 g/mol. The van der Waals surface area contributed by atoms with E-state index < -0.39 is 0 Å². The van der Waals surface area contributed by atoms with Crippen LogP contribution in [0.1, 0.15) is 25.8 Å². The molecule has 1 heterocycles. The molecule has 6 heteroatoms. The van der Waals surface area contributed by atoms with Crippen LogP contribution < -0.4 is 10.1 Å². The van der Waals surface area contributed by atoms with Gasteiger partial charge in [0.25, 0.3) is 0 Å². The molecule has 0 radical (unpaired) electrons. The summed E-state index contributed by atoms with van der Waals surface area (Å²) < 4.78 is 5.68. The molecule has 0 spiro atoms. The Bertz CT molecular complexity index is 878. The molecule has 0 atom stereocenters. The first-order chi connectivity index (χ1) is 13.0. The van der Waals surface area contributed by atoms with E-state index in [1.165, 1.54) is 5.56 Å². The molecule has 142 valence electrons. The molecule has 3 rings (SSSR count). The highest BCUT2D eigenvalue weighted by molar-refractivity contribution is 7.14. The zero-order chi connectivity index (χ0) is 19.2. The molecule has 4 nitrogen and oxygen atoms in total. The number of nitrogens with one attached hydrogen (secondary N) is 1. The number of hydrogen-bond acceptors (Lipinski definition) is 5. The van der Waals surface area contributed by atoms with Crippen LogP contribution >= 0.6 is 22.9 Å². The first-order valence-corrected chi connectivity index (χ1v) is 10.2. The van der Waals surface area contributed by atoms with Crippen LogP contribution in [0.2, 0.25) is 5.02 Å². The van der Waals surface area contributed by atoms with E-state index in [2.05, 4.69) is 22.4 Å². The largest absolute Gasteiger partial charge is 0.489 e. The molecule has 0 aliphatic heterocycles. The van der Waals surface area contributed by atoms with Gasteiger partial charge in [-0.2, -0.15) is 0 Å². The third-order valence-corrected chi connectivity index (χ3v) is 4.98. The molecule has 1 aromatic heterocycles. The lowest BCUT2D eigenvalue weighted by Gasteiger charge is -2.11. The van der Waals surface area contributed by atoms with Crippen molar-refractivity contribution >= 4 is 33.8 Å². The molecule has 0 aliphatic carbocycles. The Hall–Kier alpha value is -2.08. The Morgan fingerprint density at radius 2 is 1.96 bits per heavy atom. The van der Waals surface area contributed by atoms with Gasteiger partial charge in [0.2, 0.25) is 0 Å². The smallest absolute Gasteiger partial charge is 0.187 e. The van der Waals surface area contributed by atoms with Crippen molar-refractivity contribution in [3.05, 3.63) is 58.4 Å². The average Bonchev–Trinajstić information content (AvgIpc) is 3.11. The average molecular weight is 403 g/mol. The van der Waals surface area contributed by atoms with Crippen molar-refractivity contribution in [2.24, 2.45) is 0 Å². The lowest BCUT2D eigenvalue weighted by Crippen LogP contribution is -2.05. The van der Waals surface area contributed by atoms with Gasteiger partial charge < -0.3 is 15.2 Å². The summed E-state index contributed by atoms with van der Waals surface area (Å²) in [5, 5.41) is 15.7. The maximum Gasteiger partial charge on any atom is 0.187 e. The topological polar surface area (TPSA) is 54.4 Å². The van der Waals surface area contributed by atoms with Gasteiger partial charge in [0.05, 0.1) is 16.8 Å². The number of thiazole rings is 1. The van der Waals surface area contributed by atoms with Crippen molar-refractivity contribution in [3.63, 3.8) is 0 Å². The highest BCUT2D eigenvalue weighted by Gasteiger charge is 2.09. The summed E-state index contributed by atoms with van der Waals surface area (Å²) in [6.45, 7) is 4.17. The van der Waals surface area contributed by atoms with Crippen LogP contribution in [0.15, 0.2) is 47.8 Å². The molecule has 0 unspecified atom stereocenters. The van der Waals surface area contributed by atoms with E-state index in [1.807, 2.05) is 49.6 Å². The van der Waals surface area contributed by atoms with Gasteiger partial charge in [0, 0.05) is 23.2 Å². The molecule has 2 N–H and O–H groups in total. The summed E-state index contributed by atoms with van der Waals surface area (Å²) in [6.07, 6.45) is 1.75. The molecule has 27 heavy (non-hydrogen) atoms. The number of halogens is 1. The van der Waals surface area contributed by atoms with E-state index >= 15 is 0 Å². The first kappa shape index (κ1) is 19.7. The second-order valence-corrected chi connectivity index (χ2v) is 7.76. The van der Waals surface area contributed by atoms with Gasteiger partial charge in [-0.1, -0.05) is 23.7 Å². The molecule has 0 aliphatic rings. The van der Waals surface area contributed by atoms with Crippen molar-refractivity contribution in [1.82, 2.24) is 4.98 Å². The van der Waals surface area contributed by atoms with E-state index in [1.54, 1.807) is 11.3 Å². The Balaban J connectivity index is 1.68. The van der Waals surface area contributed by atoms with Crippen LogP contribution in [0.3, 0.4) is 0 Å². The standard InChI is InChI=1S/C21H23ClN2O2S/c1-14(2)26-20-10-7-16(12-18(20)22)19-13-27-21(24-19)23-17-8-5-15(6-9-17)4-3-11-25/h5-10,12-14,25H,3-4,11H2,1-2H3,(H,23,24). The molecule has 3 aromatic rings. The normalized spacial score (nSPS) is 11.0. The monoisotopic (exact) mass is 402 g/mol. The summed E-state index contributed by atoms with van der Waals surface area (Å²) in [5.74, 6) is 0.685. The molecule has 0 amide bonds. The predicted octanol–water partition coefficient (Wildman–Crippen LogP) is 5.92. The predicted molar refractivity (Wildman–Crippen MR) is 113 cm³/mol. The SMILES string of the molecule is CC(C)Oc1ccc(-c2csc(Nc3ccc(CCCO)cc3)n2)cc1Cl. The van der Waals surface area contributed by atoms with Crippen molar-refractivity contribution in [3.8, 4) is 17.0 Å². The second-order valence-electron chi connectivity index (χ2n) is 6.50.